The second-order valence-electron chi connectivity index (χ2n) is 7.09. The number of ether oxygens (including phenoxy) is 1. The molecule has 4 rings (SSSR count). The number of hydrogen-bond donors (Lipinski definition) is 1. The predicted molar refractivity (Wildman–Crippen MR) is 109 cm³/mol. The van der Waals surface area contributed by atoms with Crippen molar-refractivity contribution < 1.29 is 9.53 Å². The Morgan fingerprint density at radius 2 is 1.66 bits per heavy atom. The molecule has 1 atom stereocenters. The molecule has 1 aliphatic rings. The van der Waals surface area contributed by atoms with E-state index in [1.54, 1.807) is 7.05 Å². The van der Waals surface area contributed by atoms with E-state index in [2.05, 4.69) is 5.32 Å². The van der Waals surface area contributed by atoms with E-state index in [0.29, 0.717) is 17.9 Å². The SMILES string of the molecule is Cn1c2c(c(=O)n(C)c1=O)C(c1ccccc1OCc1ccccc1)CC(=O)N2. The van der Waals surface area contributed by atoms with Crippen LogP contribution in [0.3, 0.4) is 0 Å². The maximum atomic E-state index is 12.9. The van der Waals surface area contributed by atoms with Crippen LogP contribution in [0.4, 0.5) is 5.82 Å². The summed E-state index contributed by atoms with van der Waals surface area (Å²) in [7, 11) is 2.98. The summed E-state index contributed by atoms with van der Waals surface area (Å²) >= 11 is 0. The molecule has 0 spiro atoms. The van der Waals surface area contributed by atoms with Gasteiger partial charge in [0.25, 0.3) is 5.56 Å². The fourth-order valence-corrected chi connectivity index (χ4v) is 3.71. The van der Waals surface area contributed by atoms with Gasteiger partial charge in [0.15, 0.2) is 0 Å². The maximum absolute atomic E-state index is 12.9. The molecule has 1 aromatic heterocycles. The van der Waals surface area contributed by atoms with Crippen molar-refractivity contribution in [2.45, 2.75) is 18.9 Å². The van der Waals surface area contributed by atoms with Gasteiger partial charge in [0.1, 0.15) is 18.2 Å². The first-order chi connectivity index (χ1) is 14.0. The fourth-order valence-electron chi connectivity index (χ4n) is 3.71. The topological polar surface area (TPSA) is 82.3 Å². The molecule has 1 unspecified atom stereocenters. The Balaban J connectivity index is 1.80. The Morgan fingerprint density at radius 3 is 2.41 bits per heavy atom. The van der Waals surface area contributed by atoms with Crippen molar-refractivity contribution in [2.75, 3.05) is 5.32 Å². The van der Waals surface area contributed by atoms with Gasteiger partial charge in [-0.2, -0.15) is 0 Å². The van der Waals surface area contributed by atoms with Gasteiger partial charge in [-0.15, -0.1) is 0 Å². The summed E-state index contributed by atoms with van der Waals surface area (Å²) in [5.74, 6) is 0.106. The van der Waals surface area contributed by atoms with E-state index < -0.39 is 17.2 Å². The zero-order chi connectivity index (χ0) is 20.5. The molecule has 2 heterocycles. The van der Waals surface area contributed by atoms with E-state index >= 15 is 0 Å². The third-order valence-corrected chi connectivity index (χ3v) is 5.23. The van der Waals surface area contributed by atoms with Gasteiger partial charge >= 0.3 is 5.69 Å². The van der Waals surface area contributed by atoms with Crippen LogP contribution in [-0.2, 0) is 25.5 Å². The minimum absolute atomic E-state index is 0.103. The van der Waals surface area contributed by atoms with Gasteiger partial charge in [0.2, 0.25) is 5.91 Å². The van der Waals surface area contributed by atoms with Gasteiger partial charge in [0, 0.05) is 32.0 Å². The standard InChI is InChI=1S/C22H21N3O4/c1-24-20-19(21(27)25(2)22(24)28)16(12-18(26)23-20)15-10-6-7-11-17(15)29-13-14-8-4-3-5-9-14/h3-11,16H,12-13H2,1-2H3,(H,23,26). The van der Waals surface area contributed by atoms with Crippen LogP contribution < -0.4 is 21.3 Å². The van der Waals surface area contributed by atoms with E-state index in [-0.39, 0.29) is 18.1 Å². The molecule has 2 aromatic carbocycles. The number of hydrogen-bond acceptors (Lipinski definition) is 4. The zero-order valence-electron chi connectivity index (χ0n) is 16.2. The normalized spacial score (nSPS) is 15.5. The number of fused-ring (bicyclic) bond motifs is 1. The van der Waals surface area contributed by atoms with Crippen LogP contribution >= 0.6 is 0 Å². The molecule has 1 amide bonds. The van der Waals surface area contributed by atoms with Crippen molar-refractivity contribution in [2.24, 2.45) is 14.1 Å². The molecule has 0 aliphatic carbocycles. The van der Waals surface area contributed by atoms with Crippen LogP contribution in [0.5, 0.6) is 5.75 Å². The number of nitrogens with zero attached hydrogens (tertiary/aromatic N) is 2. The Morgan fingerprint density at radius 1 is 0.966 bits per heavy atom. The second kappa shape index (κ2) is 7.43. The molecule has 1 N–H and O–H groups in total. The summed E-state index contributed by atoms with van der Waals surface area (Å²) in [6.45, 7) is 0.370. The predicted octanol–water partition coefficient (Wildman–Crippen LogP) is 2.14. The number of rotatable bonds is 4. The molecule has 7 heteroatoms. The minimum Gasteiger partial charge on any atom is -0.489 e. The second-order valence-corrected chi connectivity index (χ2v) is 7.09. The Labute approximate surface area is 167 Å². The summed E-state index contributed by atoms with van der Waals surface area (Å²) in [5.41, 5.74) is 1.26. The van der Waals surface area contributed by atoms with Gasteiger partial charge < -0.3 is 10.1 Å². The van der Waals surface area contributed by atoms with Gasteiger partial charge in [0.05, 0.1) is 5.56 Å². The van der Waals surface area contributed by atoms with Crippen molar-refractivity contribution >= 4 is 11.7 Å². The van der Waals surface area contributed by atoms with E-state index in [9.17, 15) is 14.4 Å². The monoisotopic (exact) mass is 391 g/mol. The summed E-state index contributed by atoms with van der Waals surface area (Å²) in [6.07, 6.45) is 0.103. The number of benzene rings is 2. The van der Waals surface area contributed by atoms with Crippen LogP contribution in [0.25, 0.3) is 0 Å². The molecular weight excluding hydrogens is 370 g/mol. The smallest absolute Gasteiger partial charge is 0.332 e. The molecule has 0 bridgehead atoms. The highest BCUT2D eigenvalue weighted by Gasteiger charge is 2.33. The van der Waals surface area contributed by atoms with Gasteiger partial charge in [-0.25, -0.2) is 4.79 Å². The Hall–Kier alpha value is -3.61. The molecule has 7 nitrogen and oxygen atoms in total. The average Bonchev–Trinajstić information content (AvgIpc) is 2.75. The lowest BCUT2D eigenvalue weighted by atomic mass is 9.86. The molecule has 0 fully saturated rings. The highest BCUT2D eigenvalue weighted by molar-refractivity contribution is 5.94. The number of amides is 1. The van der Waals surface area contributed by atoms with Crippen molar-refractivity contribution in [3.63, 3.8) is 0 Å². The molecular formula is C22H21N3O4. The lowest BCUT2D eigenvalue weighted by molar-refractivity contribution is -0.116. The lowest BCUT2D eigenvalue weighted by Gasteiger charge is -2.28. The highest BCUT2D eigenvalue weighted by Crippen LogP contribution is 2.38. The Bertz CT molecular complexity index is 1190. The third-order valence-electron chi connectivity index (χ3n) is 5.23. The largest absolute Gasteiger partial charge is 0.489 e. The van der Waals surface area contributed by atoms with Crippen LogP contribution in [0.15, 0.2) is 64.2 Å². The first-order valence-electron chi connectivity index (χ1n) is 9.32. The molecule has 0 saturated heterocycles. The number of nitrogens with one attached hydrogen (secondary N) is 1. The third kappa shape index (κ3) is 3.35. The number of aromatic nitrogens is 2. The van der Waals surface area contributed by atoms with Crippen molar-refractivity contribution in [1.29, 1.82) is 0 Å². The van der Waals surface area contributed by atoms with Gasteiger partial charge in [-0.05, 0) is 11.6 Å². The van der Waals surface area contributed by atoms with Crippen LogP contribution in [-0.4, -0.2) is 15.0 Å². The number of carbonyl (C=O) groups excluding carboxylic acids is 1. The number of carbonyl (C=O) groups is 1. The first-order valence-corrected chi connectivity index (χ1v) is 9.32. The summed E-state index contributed by atoms with van der Waals surface area (Å²) < 4.78 is 8.41. The van der Waals surface area contributed by atoms with Gasteiger partial charge in [-0.1, -0.05) is 48.5 Å². The highest BCUT2D eigenvalue weighted by atomic mass is 16.5. The molecule has 1 aliphatic heterocycles. The number of anilines is 1. The van der Waals surface area contributed by atoms with Crippen molar-refractivity contribution in [3.05, 3.63) is 92.1 Å². The summed E-state index contributed by atoms with van der Waals surface area (Å²) in [6, 6.07) is 17.2. The quantitative estimate of drug-likeness (QED) is 0.739. The van der Waals surface area contributed by atoms with Crippen LogP contribution in [0, 0.1) is 0 Å². The summed E-state index contributed by atoms with van der Waals surface area (Å²) in [5, 5.41) is 2.68. The minimum atomic E-state index is -0.503. The molecule has 148 valence electrons. The van der Waals surface area contributed by atoms with E-state index in [4.69, 9.17) is 4.74 Å². The first kappa shape index (κ1) is 18.7. The Kier molecular flexibility index (Phi) is 4.80. The van der Waals surface area contributed by atoms with E-state index in [1.165, 1.54) is 11.6 Å². The molecule has 0 saturated carbocycles. The van der Waals surface area contributed by atoms with E-state index in [0.717, 1.165) is 15.7 Å². The zero-order valence-corrected chi connectivity index (χ0v) is 16.2. The average molecular weight is 391 g/mol. The van der Waals surface area contributed by atoms with Crippen LogP contribution in [0.2, 0.25) is 0 Å². The van der Waals surface area contributed by atoms with Crippen molar-refractivity contribution in [1.82, 2.24) is 9.13 Å². The maximum Gasteiger partial charge on any atom is 0.332 e. The van der Waals surface area contributed by atoms with Gasteiger partial charge in [-0.3, -0.25) is 18.7 Å². The van der Waals surface area contributed by atoms with Crippen molar-refractivity contribution in [3.8, 4) is 5.75 Å². The molecule has 3 aromatic rings. The van der Waals surface area contributed by atoms with Crippen LogP contribution in [0.1, 0.15) is 29.0 Å². The molecule has 29 heavy (non-hydrogen) atoms. The van der Waals surface area contributed by atoms with E-state index in [1.807, 2.05) is 54.6 Å². The summed E-state index contributed by atoms with van der Waals surface area (Å²) in [4.78, 5) is 37.6. The number of para-hydroxylation sites is 1. The fraction of sp³-hybridized carbons (Fsp3) is 0.227. The lowest BCUT2D eigenvalue weighted by Crippen LogP contribution is -2.44. The molecule has 0 radical (unpaired) electrons.